The molecule has 0 saturated heterocycles. The number of carbonyl (C=O) groups is 1. The highest BCUT2D eigenvalue weighted by molar-refractivity contribution is 5.95. The molecule has 0 aliphatic heterocycles. The number of ether oxygens (including phenoxy) is 2. The van der Waals surface area contributed by atoms with E-state index in [1.165, 1.54) is 7.11 Å². The number of hydrogen-bond acceptors (Lipinski definition) is 7. The second-order valence-electron chi connectivity index (χ2n) is 4.27. The Bertz CT molecular complexity index is 792. The largest absolute Gasteiger partial charge is 0.465 e. The molecule has 3 rings (SSSR count). The quantitative estimate of drug-likeness (QED) is 0.670. The van der Waals surface area contributed by atoms with Crippen LogP contribution in [0.3, 0.4) is 0 Å². The Morgan fingerprint density at radius 1 is 1.43 bits per heavy atom. The van der Waals surface area contributed by atoms with Crippen LogP contribution in [-0.4, -0.2) is 32.6 Å². The zero-order valence-corrected chi connectivity index (χ0v) is 11.4. The van der Waals surface area contributed by atoms with Crippen LogP contribution in [0.4, 0.5) is 0 Å². The van der Waals surface area contributed by atoms with Crippen LogP contribution in [0.1, 0.15) is 21.9 Å². The highest BCUT2D eigenvalue weighted by Gasteiger charge is 2.14. The van der Waals surface area contributed by atoms with E-state index in [0.29, 0.717) is 22.7 Å². The van der Waals surface area contributed by atoms with Crippen LogP contribution in [0.15, 0.2) is 29.0 Å². The lowest BCUT2D eigenvalue weighted by atomic mass is 10.3. The number of hydrogen-bond donors (Lipinski definition) is 0. The fourth-order valence-corrected chi connectivity index (χ4v) is 1.87. The number of pyridine rings is 1. The van der Waals surface area contributed by atoms with Gasteiger partial charge < -0.3 is 13.9 Å². The molecule has 0 aliphatic carbocycles. The number of esters is 1. The summed E-state index contributed by atoms with van der Waals surface area (Å²) in [5, 5.41) is 3.62. The Morgan fingerprint density at radius 2 is 2.29 bits per heavy atom. The van der Waals surface area contributed by atoms with E-state index >= 15 is 0 Å². The highest BCUT2D eigenvalue weighted by Crippen LogP contribution is 2.14. The van der Waals surface area contributed by atoms with Gasteiger partial charge in [-0.1, -0.05) is 5.16 Å². The van der Waals surface area contributed by atoms with Gasteiger partial charge in [-0.2, -0.15) is 4.98 Å². The van der Waals surface area contributed by atoms with Crippen LogP contribution in [0, 0.1) is 6.92 Å². The van der Waals surface area contributed by atoms with E-state index in [9.17, 15) is 4.79 Å². The summed E-state index contributed by atoms with van der Waals surface area (Å²) < 4.78 is 16.6. The first-order valence-electron chi connectivity index (χ1n) is 6.15. The standard InChI is InChI=1S/C13H12N4O4/c1-8-14-13(21-16-8)20-7-9-6-17-5-3-4-10(11(17)15-9)12(18)19-2/h3-6H,7H2,1-2H3. The molecule has 0 fully saturated rings. The molecule has 8 heteroatoms. The van der Waals surface area contributed by atoms with Crippen molar-refractivity contribution in [3.05, 3.63) is 41.6 Å². The third-order valence-corrected chi connectivity index (χ3v) is 2.79. The Kier molecular flexibility index (Phi) is 3.27. The van der Waals surface area contributed by atoms with Gasteiger partial charge >= 0.3 is 12.0 Å². The lowest BCUT2D eigenvalue weighted by Crippen LogP contribution is -2.03. The van der Waals surface area contributed by atoms with E-state index in [4.69, 9.17) is 14.0 Å². The van der Waals surface area contributed by atoms with E-state index in [-0.39, 0.29) is 12.7 Å². The predicted octanol–water partition coefficient (Wildman–Crippen LogP) is 1.39. The van der Waals surface area contributed by atoms with Crippen molar-refractivity contribution in [2.45, 2.75) is 13.5 Å². The lowest BCUT2D eigenvalue weighted by Gasteiger charge is -2.00. The molecule has 108 valence electrons. The second kappa shape index (κ2) is 5.23. The summed E-state index contributed by atoms with van der Waals surface area (Å²) in [6.45, 7) is 1.85. The molecule has 3 aromatic heterocycles. The maximum atomic E-state index is 11.7. The van der Waals surface area contributed by atoms with Crippen LogP contribution in [0.5, 0.6) is 6.08 Å². The van der Waals surface area contributed by atoms with Gasteiger partial charge in [0.15, 0.2) is 11.5 Å². The average Bonchev–Trinajstić information content (AvgIpc) is 3.09. The van der Waals surface area contributed by atoms with Gasteiger partial charge in [0, 0.05) is 12.4 Å². The van der Waals surface area contributed by atoms with Crippen molar-refractivity contribution in [3.63, 3.8) is 0 Å². The highest BCUT2D eigenvalue weighted by atomic mass is 16.6. The predicted molar refractivity (Wildman–Crippen MR) is 69.9 cm³/mol. The summed E-state index contributed by atoms with van der Waals surface area (Å²) in [6, 6.07) is 3.40. The number of rotatable bonds is 4. The van der Waals surface area contributed by atoms with E-state index in [0.717, 1.165) is 0 Å². The summed E-state index contributed by atoms with van der Waals surface area (Å²) in [5.74, 6) is 0.0548. The van der Waals surface area contributed by atoms with Gasteiger partial charge in [-0.15, -0.1) is 0 Å². The zero-order chi connectivity index (χ0) is 14.8. The van der Waals surface area contributed by atoms with Crippen LogP contribution < -0.4 is 4.74 Å². The topological polar surface area (TPSA) is 91.8 Å². The Labute approximate surface area is 119 Å². The summed E-state index contributed by atoms with van der Waals surface area (Å²) in [5.41, 5.74) is 1.52. The molecule has 3 heterocycles. The number of fused-ring (bicyclic) bond motifs is 1. The maximum Gasteiger partial charge on any atom is 0.417 e. The molecule has 0 radical (unpaired) electrons. The molecule has 3 aromatic rings. The van der Waals surface area contributed by atoms with Gasteiger partial charge in [0.05, 0.1) is 12.8 Å². The number of nitrogens with zero attached hydrogens (tertiary/aromatic N) is 4. The molecular weight excluding hydrogens is 276 g/mol. The molecular formula is C13H12N4O4. The number of imidazole rings is 1. The Balaban J connectivity index is 1.85. The smallest absolute Gasteiger partial charge is 0.417 e. The molecule has 0 amide bonds. The normalized spacial score (nSPS) is 10.8. The molecule has 0 N–H and O–H groups in total. The first-order chi connectivity index (χ1) is 10.2. The van der Waals surface area contributed by atoms with Gasteiger partial charge in [-0.25, -0.2) is 9.78 Å². The van der Waals surface area contributed by atoms with Gasteiger partial charge in [-0.3, -0.25) is 4.52 Å². The third-order valence-electron chi connectivity index (χ3n) is 2.79. The van der Waals surface area contributed by atoms with Crippen molar-refractivity contribution in [1.29, 1.82) is 0 Å². The summed E-state index contributed by atoms with van der Waals surface area (Å²) in [7, 11) is 1.33. The minimum Gasteiger partial charge on any atom is -0.465 e. The average molecular weight is 288 g/mol. The SMILES string of the molecule is COC(=O)c1cccn2cc(COc3nc(C)no3)nc12. The van der Waals surface area contributed by atoms with Crippen LogP contribution in [0.25, 0.3) is 5.65 Å². The minimum absolute atomic E-state index is 0.0812. The van der Waals surface area contributed by atoms with Crippen molar-refractivity contribution < 1.29 is 18.8 Å². The van der Waals surface area contributed by atoms with Crippen LogP contribution in [0.2, 0.25) is 0 Å². The Morgan fingerprint density at radius 3 is 3.00 bits per heavy atom. The van der Waals surface area contributed by atoms with Gasteiger partial charge in [0.25, 0.3) is 0 Å². The molecule has 21 heavy (non-hydrogen) atoms. The van der Waals surface area contributed by atoms with Crippen LogP contribution >= 0.6 is 0 Å². The molecule has 0 spiro atoms. The molecule has 0 bridgehead atoms. The molecule has 0 aromatic carbocycles. The maximum absolute atomic E-state index is 11.7. The van der Waals surface area contributed by atoms with E-state index in [2.05, 4.69) is 15.1 Å². The second-order valence-corrected chi connectivity index (χ2v) is 4.27. The van der Waals surface area contributed by atoms with Gasteiger partial charge in [0.1, 0.15) is 12.2 Å². The molecule has 0 unspecified atom stereocenters. The van der Waals surface area contributed by atoms with Gasteiger partial charge in [-0.05, 0) is 19.1 Å². The number of carbonyl (C=O) groups excluding carboxylic acids is 1. The number of aryl methyl sites for hydroxylation is 1. The van der Waals surface area contributed by atoms with Crippen molar-refractivity contribution in [2.24, 2.45) is 0 Å². The van der Waals surface area contributed by atoms with Crippen LogP contribution in [-0.2, 0) is 11.3 Å². The molecule has 8 nitrogen and oxygen atoms in total. The minimum atomic E-state index is -0.439. The fraction of sp³-hybridized carbons (Fsp3) is 0.231. The first kappa shape index (κ1) is 13.1. The van der Waals surface area contributed by atoms with E-state index < -0.39 is 5.97 Å². The monoisotopic (exact) mass is 288 g/mol. The summed E-state index contributed by atoms with van der Waals surface area (Å²) in [6.07, 6.45) is 3.62. The zero-order valence-electron chi connectivity index (χ0n) is 11.4. The van der Waals surface area contributed by atoms with Crippen molar-refractivity contribution in [3.8, 4) is 6.08 Å². The molecule has 0 atom stereocenters. The molecule has 0 aliphatic rings. The van der Waals surface area contributed by atoms with Crippen molar-refractivity contribution in [2.75, 3.05) is 7.11 Å². The van der Waals surface area contributed by atoms with Crippen molar-refractivity contribution >= 4 is 11.6 Å². The number of methoxy groups -OCH3 is 1. The van der Waals surface area contributed by atoms with E-state index in [1.807, 2.05) is 0 Å². The summed E-state index contributed by atoms with van der Waals surface area (Å²) in [4.78, 5) is 20.0. The number of aromatic nitrogens is 4. The van der Waals surface area contributed by atoms with Gasteiger partial charge in [0.2, 0.25) is 0 Å². The Hall–Kier alpha value is -2.90. The third kappa shape index (κ3) is 2.55. The molecule has 0 saturated carbocycles. The fourth-order valence-electron chi connectivity index (χ4n) is 1.87. The van der Waals surface area contributed by atoms with Crippen molar-refractivity contribution in [1.82, 2.24) is 19.5 Å². The first-order valence-corrected chi connectivity index (χ1v) is 6.15. The lowest BCUT2D eigenvalue weighted by molar-refractivity contribution is 0.0602. The van der Waals surface area contributed by atoms with E-state index in [1.54, 1.807) is 35.9 Å². The summed E-state index contributed by atoms with van der Waals surface area (Å²) >= 11 is 0.